The topological polar surface area (TPSA) is 52.9 Å². The highest BCUT2D eigenvalue weighted by Crippen LogP contribution is 2.27. The molecule has 3 nitrogen and oxygen atoms in total. The summed E-state index contributed by atoms with van der Waals surface area (Å²) in [7, 11) is 0. The van der Waals surface area contributed by atoms with Crippen molar-refractivity contribution < 1.29 is 4.79 Å². The third-order valence-electron chi connectivity index (χ3n) is 5.11. The van der Waals surface area contributed by atoms with Gasteiger partial charge in [0, 0.05) is 5.56 Å². The van der Waals surface area contributed by atoms with E-state index in [1.807, 2.05) is 54.6 Å². The number of rotatable bonds is 3. The van der Waals surface area contributed by atoms with Crippen LogP contribution in [-0.4, -0.2) is 5.91 Å². The number of fused-ring (bicyclic) bond motifs is 1. The standard InChI is InChI=1S/C24H20N2O/c25-16-22-13-11-20(17-6-2-1-3-7-17)15-23(22)26-24(27)21-12-10-18-8-4-5-9-19(18)14-21/h1-3,6-7,10-15H,4-5,8-9H2,(H,26,27). The van der Waals surface area contributed by atoms with E-state index in [9.17, 15) is 10.1 Å². The average Bonchev–Trinajstić information content (AvgIpc) is 2.74. The second-order valence-corrected chi connectivity index (χ2v) is 6.88. The number of nitrogens with zero attached hydrogens (tertiary/aromatic N) is 1. The van der Waals surface area contributed by atoms with Crippen LogP contribution in [-0.2, 0) is 12.8 Å². The van der Waals surface area contributed by atoms with Gasteiger partial charge in [0.1, 0.15) is 6.07 Å². The summed E-state index contributed by atoms with van der Waals surface area (Å²) >= 11 is 0. The SMILES string of the molecule is N#Cc1ccc(-c2ccccc2)cc1NC(=O)c1ccc2c(c1)CCCC2. The van der Waals surface area contributed by atoms with Crippen molar-refractivity contribution in [3.63, 3.8) is 0 Å². The van der Waals surface area contributed by atoms with Crippen molar-refractivity contribution in [3.8, 4) is 17.2 Å². The van der Waals surface area contributed by atoms with Crippen molar-refractivity contribution in [2.45, 2.75) is 25.7 Å². The molecule has 0 bridgehead atoms. The minimum absolute atomic E-state index is 0.176. The first kappa shape index (κ1) is 17.1. The van der Waals surface area contributed by atoms with Crippen LogP contribution in [0.25, 0.3) is 11.1 Å². The molecule has 1 aliphatic carbocycles. The van der Waals surface area contributed by atoms with Gasteiger partial charge in [0.05, 0.1) is 11.3 Å². The number of nitrogens with one attached hydrogen (secondary N) is 1. The van der Waals surface area contributed by atoms with Gasteiger partial charge in [0.15, 0.2) is 0 Å². The number of hydrogen-bond donors (Lipinski definition) is 1. The summed E-state index contributed by atoms with van der Waals surface area (Å²) in [6.45, 7) is 0. The number of carbonyl (C=O) groups excluding carboxylic acids is 1. The third-order valence-corrected chi connectivity index (χ3v) is 5.11. The maximum absolute atomic E-state index is 12.8. The Morgan fingerprint density at radius 2 is 1.63 bits per heavy atom. The molecule has 0 fully saturated rings. The lowest BCUT2D eigenvalue weighted by atomic mass is 9.90. The van der Waals surface area contributed by atoms with Crippen molar-refractivity contribution >= 4 is 11.6 Å². The molecule has 0 aromatic heterocycles. The molecule has 132 valence electrons. The monoisotopic (exact) mass is 352 g/mol. The average molecular weight is 352 g/mol. The van der Waals surface area contributed by atoms with Gasteiger partial charge < -0.3 is 5.32 Å². The predicted molar refractivity (Wildman–Crippen MR) is 108 cm³/mol. The molecule has 3 aromatic carbocycles. The second-order valence-electron chi connectivity index (χ2n) is 6.88. The van der Waals surface area contributed by atoms with Gasteiger partial charge in [-0.1, -0.05) is 42.5 Å². The van der Waals surface area contributed by atoms with Crippen LogP contribution in [0.4, 0.5) is 5.69 Å². The van der Waals surface area contributed by atoms with Crippen molar-refractivity contribution in [2.75, 3.05) is 5.32 Å². The largest absolute Gasteiger partial charge is 0.321 e. The summed E-state index contributed by atoms with van der Waals surface area (Å²) in [6, 6.07) is 23.6. The van der Waals surface area contributed by atoms with Crippen LogP contribution in [0.3, 0.4) is 0 Å². The van der Waals surface area contributed by atoms with Crippen molar-refractivity contribution in [1.29, 1.82) is 5.26 Å². The summed E-state index contributed by atoms with van der Waals surface area (Å²) in [5.74, 6) is -0.176. The highest BCUT2D eigenvalue weighted by molar-refractivity contribution is 6.05. The lowest BCUT2D eigenvalue weighted by Gasteiger charge is -2.16. The van der Waals surface area contributed by atoms with E-state index >= 15 is 0 Å². The summed E-state index contributed by atoms with van der Waals surface area (Å²) < 4.78 is 0. The van der Waals surface area contributed by atoms with Crippen LogP contribution in [0.15, 0.2) is 66.7 Å². The molecule has 0 atom stereocenters. The first-order valence-electron chi connectivity index (χ1n) is 9.27. The van der Waals surface area contributed by atoms with E-state index < -0.39 is 0 Å². The minimum Gasteiger partial charge on any atom is -0.321 e. The van der Waals surface area contributed by atoms with Gasteiger partial charge in [-0.25, -0.2) is 0 Å². The minimum atomic E-state index is -0.176. The number of carbonyl (C=O) groups is 1. The highest BCUT2D eigenvalue weighted by atomic mass is 16.1. The first-order chi connectivity index (χ1) is 13.2. The fraction of sp³-hybridized carbons (Fsp3) is 0.167. The number of aryl methyl sites for hydroxylation is 2. The summed E-state index contributed by atoms with van der Waals surface area (Å²) in [4.78, 5) is 12.8. The van der Waals surface area contributed by atoms with Gasteiger partial charge in [-0.15, -0.1) is 0 Å². The van der Waals surface area contributed by atoms with Gasteiger partial charge in [-0.05, 0) is 72.2 Å². The Hall–Kier alpha value is -3.38. The van der Waals surface area contributed by atoms with Crippen LogP contribution in [0, 0.1) is 11.3 Å². The molecule has 0 heterocycles. The highest BCUT2D eigenvalue weighted by Gasteiger charge is 2.14. The number of benzene rings is 3. The van der Waals surface area contributed by atoms with Crippen molar-refractivity contribution in [1.82, 2.24) is 0 Å². The lowest BCUT2D eigenvalue weighted by molar-refractivity contribution is 0.102. The molecule has 0 unspecified atom stereocenters. The van der Waals surface area contributed by atoms with E-state index in [1.165, 1.54) is 24.0 Å². The molecule has 1 aliphatic rings. The summed E-state index contributed by atoms with van der Waals surface area (Å²) in [6.07, 6.45) is 4.52. The Balaban J connectivity index is 1.63. The Morgan fingerprint density at radius 3 is 2.41 bits per heavy atom. The summed E-state index contributed by atoms with van der Waals surface area (Å²) in [5.41, 5.74) is 6.28. The Labute approximate surface area is 159 Å². The Morgan fingerprint density at radius 1 is 0.852 bits per heavy atom. The first-order valence-corrected chi connectivity index (χ1v) is 9.27. The van der Waals surface area contributed by atoms with Crippen LogP contribution in [0.1, 0.15) is 39.9 Å². The fourth-order valence-electron chi connectivity index (χ4n) is 3.62. The van der Waals surface area contributed by atoms with Crippen LogP contribution in [0.2, 0.25) is 0 Å². The molecule has 3 aromatic rings. The third kappa shape index (κ3) is 3.61. The zero-order chi connectivity index (χ0) is 18.6. The Kier molecular flexibility index (Phi) is 4.72. The van der Waals surface area contributed by atoms with Gasteiger partial charge in [-0.3, -0.25) is 4.79 Å². The molecule has 0 aliphatic heterocycles. The van der Waals surface area contributed by atoms with Gasteiger partial charge in [-0.2, -0.15) is 5.26 Å². The Bertz CT molecular complexity index is 1030. The van der Waals surface area contributed by atoms with E-state index in [2.05, 4.69) is 17.5 Å². The number of nitriles is 1. The zero-order valence-corrected chi connectivity index (χ0v) is 15.0. The smallest absolute Gasteiger partial charge is 0.255 e. The molecule has 1 amide bonds. The molecule has 3 heteroatoms. The van der Waals surface area contributed by atoms with Crippen LogP contribution >= 0.6 is 0 Å². The number of anilines is 1. The molecule has 0 saturated carbocycles. The second kappa shape index (κ2) is 7.47. The molecule has 4 rings (SSSR count). The van der Waals surface area contributed by atoms with Crippen molar-refractivity contribution in [3.05, 3.63) is 89.0 Å². The predicted octanol–water partition coefficient (Wildman–Crippen LogP) is 5.36. The van der Waals surface area contributed by atoms with Gasteiger partial charge >= 0.3 is 0 Å². The quantitative estimate of drug-likeness (QED) is 0.690. The van der Waals surface area contributed by atoms with E-state index in [4.69, 9.17) is 0 Å². The normalized spacial score (nSPS) is 12.7. The van der Waals surface area contributed by atoms with E-state index in [0.717, 1.165) is 24.0 Å². The molecule has 0 saturated heterocycles. The fourth-order valence-corrected chi connectivity index (χ4v) is 3.62. The van der Waals surface area contributed by atoms with E-state index in [0.29, 0.717) is 16.8 Å². The lowest BCUT2D eigenvalue weighted by Crippen LogP contribution is -2.14. The zero-order valence-electron chi connectivity index (χ0n) is 15.0. The molecule has 0 radical (unpaired) electrons. The maximum Gasteiger partial charge on any atom is 0.255 e. The molecular formula is C24H20N2O. The van der Waals surface area contributed by atoms with E-state index in [1.54, 1.807) is 6.07 Å². The summed E-state index contributed by atoms with van der Waals surface area (Å²) in [5, 5.41) is 12.4. The van der Waals surface area contributed by atoms with Crippen LogP contribution < -0.4 is 5.32 Å². The van der Waals surface area contributed by atoms with Crippen molar-refractivity contribution in [2.24, 2.45) is 0 Å². The molecule has 27 heavy (non-hydrogen) atoms. The van der Waals surface area contributed by atoms with Gasteiger partial charge in [0.25, 0.3) is 5.91 Å². The maximum atomic E-state index is 12.8. The van der Waals surface area contributed by atoms with E-state index in [-0.39, 0.29) is 5.91 Å². The number of amides is 1. The van der Waals surface area contributed by atoms with Gasteiger partial charge in [0.2, 0.25) is 0 Å². The molecule has 0 spiro atoms. The molecule has 1 N–H and O–H groups in total. The van der Waals surface area contributed by atoms with Crippen LogP contribution in [0.5, 0.6) is 0 Å². The molecular weight excluding hydrogens is 332 g/mol. The number of hydrogen-bond acceptors (Lipinski definition) is 2.